The molecule has 1 aromatic carbocycles. The molecule has 0 saturated carbocycles. The van der Waals surface area contributed by atoms with Gasteiger partial charge in [0.15, 0.2) is 5.82 Å². The highest BCUT2D eigenvalue weighted by Crippen LogP contribution is 2.25. The van der Waals surface area contributed by atoms with Crippen LogP contribution in [0.5, 0.6) is 0 Å². The van der Waals surface area contributed by atoms with E-state index in [0.29, 0.717) is 18.8 Å². The van der Waals surface area contributed by atoms with Crippen LogP contribution in [-0.2, 0) is 13.0 Å². The standard InChI is InChI=1S/C17H19N5O/c1-2-18-16-12-10-22(8-7-14(12)20-21-16)17(23)15-9-11-5-3-4-6-13(11)19-15/h3-6,9,19H,2,7-8,10H2,1H3,(H2,18,20,21). The summed E-state index contributed by atoms with van der Waals surface area (Å²) in [7, 11) is 0. The van der Waals surface area contributed by atoms with Crippen molar-refractivity contribution in [2.45, 2.75) is 19.9 Å². The van der Waals surface area contributed by atoms with Crippen molar-refractivity contribution in [1.29, 1.82) is 0 Å². The summed E-state index contributed by atoms with van der Waals surface area (Å²) >= 11 is 0. The van der Waals surface area contributed by atoms with Gasteiger partial charge in [0.2, 0.25) is 0 Å². The number of amides is 1. The van der Waals surface area contributed by atoms with E-state index in [4.69, 9.17) is 0 Å². The highest BCUT2D eigenvalue weighted by molar-refractivity contribution is 5.98. The summed E-state index contributed by atoms with van der Waals surface area (Å²) in [5.41, 5.74) is 3.86. The van der Waals surface area contributed by atoms with E-state index in [0.717, 1.165) is 40.9 Å². The average Bonchev–Trinajstić information content (AvgIpc) is 3.18. The SMILES string of the molecule is CCNc1n[nH]c2c1CN(C(=O)c1cc3ccccc3[nH]1)CC2. The van der Waals surface area contributed by atoms with E-state index in [9.17, 15) is 4.79 Å². The molecule has 4 rings (SSSR count). The zero-order chi connectivity index (χ0) is 15.8. The minimum absolute atomic E-state index is 0.0375. The molecule has 6 nitrogen and oxygen atoms in total. The Hall–Kier alpha value is -2.76. The number of H-pyrrole nitrogens is 2. The van der Waals surface area contributed by atoms with Gasteiger partial charge in [-0.15, -0.1) is 0 Å². The predicted molar refractivity (Wildman–Crippen MR) is 89.5 cm³/mol. The Labute approximate surface area is 133 Å². The normalized spacial score (nSPS) is 14.0. The van der Waals surface area contributed by atoms with Crippen molar-refractivity contribution in [3.8, 4) is 0 Å². The molecule has 1 amide bonds. The fourth-order valence-corrected chi connectivity index (χ4v) is 3.14. The molecule has 0 saturated heterocycles. The molecule has 2 aromatic heterocycles. The quantitative estimate of drug-likeness (QED) is 0.696. The number of nitrogens with zero attached hydrogens (tertiary/aromatic N) is 2. The molecular weight excluding hydrogens is 290 g/mol. The van der Waals surface area contributed by atoms with E-state index in [1.807, 2.05) is 42.2 Å². The number of hydrogen-bond donors (Lipinski definition) is 3. The van der Waals surface area contributed by atoms with Gasteiger partial charge < -0.3 is 15.2 Å². The molecule has 6 heteroatoms. The van der Waals surface area contributed by atoms with Gasteiger partial charge in [0, 0.05) is 41.7 Å². The summed E-state index contributed by atoms with van der Waals surface area (Å²) in [6.07, 6.45) is 0.805. The van der Waals surface area contributed by atoms with Crippen LogP contribution in [0.1, 0.15) is 28.7 Å². The van der Waals surface area contributed by atoms with Gasteiger partial charge in [-0.1, -0.05) is 18.2 Å². The highest BCUT2D eigenvalue weighted by atomic mass is 16.2. The van der Waals surface area contributed by atoms with Crippen LogP contribution in [0.4, 0.5) is 5.82 Å². The third-order valence-corrected chi connectivity index (χ3v) is 4.33. The van der Waals surface area contributed by atoms with E-state index in [2.05, 4.69) is 20.5 Å². The second kappa shape index (κ2) is 5.46. The average molecular weight is 309 g/mol. The Morgan fingerprint density at radius 1 is 1.39 bits per heavy atom. The number of para-hydroxylation sites is 1. The maximum Gasteiger partial charge on any atom is 0.270 e. The monoisotopic (exact) mass is 309 g/mol. The smallest absolute Gasteiger partial charge is 0.270 e. The first-order chi connectivity index (χ1) is 11.3. The summed E-state index contributed by atoms with van der Waals surface area (Å²) in [5, 5.41) is 11.7. The topological polar surface area (TPSA) is 76.8 Å². The molecule has 23 heavy (non-hydrogen) atoms. The Kier molecular flexibility index (Phi) is 3.29. The Balaban J connectivity index is 1.60. The molecule has 1 aliphatic rings. The van der Waals surface area contributed by atoms with Crippen molar-refractivity contribution in [2.75, 3.05) is 18.4 Å². The fourth-order valence-electron chi connectivity index (χ4n) is 3.14. The van der Waals surface area contributed by atoms with Crippen LogP contribution in [0, 0.1) is 0 Å². The first kappa shape index (κ1) is 13.9. The molecule has 0 bridgehead atoms. The van der Waals surface area contributed by atoms with E-state index in [1.165, 1.54) is 0 Å². The van der Waals surface area contributed by atoms with Crippen molar-refractivity contribution >= 4 is 22.6 Å². The summed E-state index contributed by atoms with van der Waals surface area (Å²) in [5.74, 6) is 0.896. The Morgan fingerprint density at radius 3 is 3.09 bits per heavy atom. The number of aromatic amines is 2. The number of aromatic nitrogens is 3. The van der Waals surface area contributed by atoms with Gasteiger partial charge in [-0.3, -0.25) is 9.89 Å². The molecule has 118 valence electrons. The lowest BCUT2D eigenvalue weighted by atomic mass is 10.1. The molecule has 0 radical (unpaired) electrons. The largest absolute Gasteiger partial charge is 0.369 e. The fraction of sp³-hybridized carbons (Fsp3) is 0.294. The van der Waals surface area contributed by atoms with Crippen molar-refractivity contribution in [1.82, 2.24) is 20.1 Å². The van der Waals surface area contributed by atoms with Gasteiger partial charge in [-0.25, -0.2) is 0 Å². The van der Waals surface area contributed by atoms with Crippen molar-refractivity contribution in [3.63, 3.8) is 0 Å². The third kappa shape index (κ3) is 2.36. The second-order valence-electron chi connectivity index (χ2n) is 5.81. The molecule has 0 unspecified atom stereocenters. The molecule has 3 heterocycles. The maximum absolute atomic E-state index is 12.8. The maximum atomic E-state index is 12.8. The number of carbonyl (C=O) groups excluding carboxylic acids is 1. The van der Waals surface area contributed by atoms with E-state index in [1.54, 1.807) is 0 Å². The molecule has 0 spiro atoms. The van der Waals surface area contributed by atoms with Gasteiger partial charge in [0.05, 0.1) is 6.54 Å². The van der Waals surface area contributed by atoms with Crippen LogP contribution < -0.4 is 5.32 Å². The lowest BCUT2D eigenvalue weighted by molar-refractivity contribution is 0.0729. The van der Waals surface area contributed by atoms with Gasteiger partial charge >= 0.3 is 0 Å². The van der Waals surface area contributed by atoms with Crippen LogP contribution in [0.15, 0.2) is 30.3 Å². The second-order valence-corrected chi connectivity index (χ2v) is 5.81. The molecule has 0 fully saturated rings. The third-order valence-electron chi connectivity index (χ3n) is 4.33. The number of fused-ring (bicyclic) bond motifs is 2. The number of hydrogen-bond acceptors (Lipinski definition) is 3. The summed E-state index contributed by atoms with van der Waals surface area (Å²) in [4.78, 5) is 17.9. The minimum Gasteiger partial charge on any atom is -0.369 e. The number of carbonyl (C=O) groups is 1. The Morgan fingerprint density at radius 2 is 2.26 bits per heavy atom. The first-order valence-corrected chi connectivity index (χ1v) is 7.93. The van der Waals surface area contributed by atoms with Crippen LogP contribution in [-0.4, -0.2) is 39.1 Å². The van der Waals surface area contributed by atoms with Gasteiger partial charge in [-0.05, 0) is 19.1 Å². The summed E-state index contributed by atoms with van der Waals surface area (Å²) in [6.45, 7) is 4.14. The van der Waals surface area contributed by atoms with Crippen LogP contribution in [0.2, 0.25) is 0 Å². The zero-order valence-corrected chi connectivity index (χ0v) is 13.0. The highest BCUT2D eigenvalue weighted by Gasteiger charge is 2.26. The van der Waals surface area contributed by atoms with Gasteiger partial charge in [0.1, 0.15) is 5.69 Å². The number of anilines is 1. The number of benzene rings is 1. The minimum atomic E-state index is 0.0375. The van der Waals surface area contributed by atoms with Crippen molar-refractivity contribution in [2.24, 2.45) is 0 Å². The molecule has 0 aliphatic carbocycles. The lowest BCUT2D eigenvalue weighted by Crippen LogP contribution is -2.36. The van der Waals surface area contributed by atoms with Crippen LogP contribution in [0.25, 0.3) is 10.9 Å². The van der Waals surface area contributed by atoms with Gasteiger partial charge in [0.25, 0.3) is 5.91 Å². The number of nitrogens with one attached hydrogen (secondary N) is 3. The molecule has 0 atom stereocenters. The molecule has 1 aliphatic heterocycles. The summed E-state index contributed by atoms with van der Waals surface area (Å²) in [6, 6.07) is 9.87. The van der Waals surface area contributed by atoms with Crippen LogP contribution in [0.3, 0.4) is 0 Å². The first-order valence-electron chi connectivity index (χ1n) is 7.93. The van der Waals surface area contributed by atoms with Crippen molar-refractivity contribution < 1.29 is 4.79 Å². The summed E-state index contributed by atoms with van der Waals surface area (Å²) < 4.78 is 0. The molecule has 3 N–H and O–H groups in total. The lowest BCUT2D eigenvalue weighted by Gasteiger charge is -2.26. The zero-order valence-electron chi connectivity index (χ0n) is 13.0. The van der Waals surface area contributed by atoms with Gasteiger partial charge in [-0.2, -0.15) is 5.10 Å². The molecule has 3 aromatic rings. The van der Waals surface area contributed by atoms with E-state index >= 15 is 0 Å². The number of rotatable bonds is 3. The van der Waals surface area contributed by atoms with E-state index in [-0.39, 0.29) is 5.91 Å². The Bertz CT molecular complexity index is 830. The molecular formula is C17H19N5O. The van der Waals surface area contributed by atoms with E-state index < -0.39 is 0 Å². The predicted octanol–water partition coefficient (Wildman–Crippen LogP) is 2.52. The van der Waals surface area contributed by atoms with Crippen molar-refractivity contribution in [3.05, 3.63) is 47.3 Å². The van der Waals surface area contributed by atoms with Crippen LogP contribution >= 0.6 is 0 Å².